The van der Waals surface area contributed by atoms with Gasteiger partial charge in [-0.1, -0.05) is 0 Å². The molecule has 1 aliphatic rings. The fraction of sp³-hybridized carbons (Fsp3) is 0.750. The predicted molar refractivity (Wildman–Crippen MR) is 43.8 cm³/mol. The second kappa shape index (κ2) is 4.23. The lowest BCUT2D eigenvalue weighted by Crippen LogP contribution is -2.43. The van der Waals surface area contributed by atoms with Crippen LogP contribution < -0.4 is 5.32 Å². The number of aliphatic hydroxyl groups is 1. The van der Waals surface area contributed by atoms with E-state index in [1.807, 2.05) is 0 Å². The van der Waals surface area contributed by atoms with Crippen molar-refractivity contribution in [3.05, 3.63) is 0 Å². The van der Waals surface area contributed by atoms with Crippen LogP contribution in [0.25, 0.3) is 0 Å². The van der Waals surface area contributed by atoms with Gasteiger partial charge in [0.15, 0.2) is 6.10 Å². The summed E-state index contributed by atoms with van der Waals surface area (Å²) >= 11 is 0. The molecule has 5 heteroatoms. The van der Waals surface area contributed by atoms with Crippen molar-refractivity contribution >= 4 is 11.9 Å². The first-order chi connectivity index (χ1) is 6.11. The molecule has 2 atom stereocenters. The molecule has 0 aromatic carbocycles. The summed E-state index contributed by atoms with van der Waals surface area (Å²) in [6.45, 7) is 1.94. The number of aliphatic hydroxyl groups excluding tert-OH is 1. The molecule has 1 amide bonds. The minimum Gasteiger partial charge on any atom is -0.450 e. The minimum absolute atomic E-state index is 0.278. The third-order valence-electron chi connectivity index (χ3n) is 1.83. The van der Waals surface area contributed by atoms with E-state index in [4.69, 9.17) is 9.84 Å². The molecule has 74 valence electrons. The largest absolute Gasteiger partial charge is 0.450 e. The molecule has 0 aliphatic carbocycles. The van der Waals surface area contributed by atoms with E-state index in [1.54, 1.807) is 0 Å². The molecule has 1 unspecified atom stereocenters. The summed E-state index contributed by atoms with van der Waals surface area (Å²) in [4.78, 5) is 22.0. The number of piperidine rings is 1. The third kappa shape index (κ3) is 2.69. The van der Waals surface area contributed by atoms with E-state index in [2.05, 4.69) is 5.32 Å². The maximum Gasteiger partial charge on any atom is 0.335 e. The number of carbonyl (C=O) groups is 2. The number of amides is 1. The standard InChI is InChI=1S/C8H13NO4/c1-5(10)8(12)13-6-3-2-4-9-7(6)11/h5-6,10H,2-4H2,1H3,(H,9,11)/t5-,6?/m1/s1. The van der Waals surface area contributed by atoms with Crippen molar-refractivity contribution in [3.63, 3.8) is 0 Å². The second-order valence-electron chi connectivity index (χ2n) is 3.03. The highest BCUT2D eigenvalue weighted by molar-refractivity contribution is 5.85. The lowest BCUT2D eigenvalue weighted by molar-refractivity contribution is -0.164. The summed E-state index contributed by atoms with van der Waals surface area (Å²) in [6, 6.07) is 0. The van der Waals surface area contributed by atoms with Crippen molar-refractivity contribution in [2.24, 2.45) is 0 Å². The summed E-state index contributed by atoms with van der Waals surface area (Å²) < 4.78 is 4.76. The number of carbonyl (C=O) groups excluding carboxylic acids is 2. The van der Waals surface area contributed by atoms with Gasteiger partial charge in [-0.2, -0.15) is 0 Å². The summed E-state index contributed by atoms with van der Waals surface area (Å²) in [7, 11) is 0. The maximum atomic E-state index is 11.1. The van der Waals surface area contributed by atoms with Crippen molar-refractivity contribution in [2.75, 3.05) is 6.54 Å². The van der Waals surface area contributed by atoms with E-state index in [9.17, 15) is 9.59 Å². The Kier molecular flexibility index (Phi) is 3.25. The molecule has 0 aromatic heterocycles. The van der Waals surface area contributed by atoms with Gasteiger partial charge >= 0.3 is 5.97 Å². The Hall–Kier alpha value is -1.10. The van der Waals surface area contributed by atoms with Crippen LogP contribution in [0, 0.1) is 0 Å². The van der Waals surface area contributed by atoms with Crippen molar-refractivity contribution in [2.45, 2.75) is 32.0 Å². The van der Waals surface area contributed by atoms with Gasteiger partial charge in [0, 0.05) is 6.54 Å². The average Bonchev–Trinajstić information content (AvgIpc) is 2.08. The first kappa shape index (κ1) is 9.98. The van der Waals surface area contributed by atoms with Crippen LogP contribution in [0.5, 0.6) is 0 Å². The molecule has 2 N–H and O–H groups in total. The quantitative estimate of drug-likeness (QED) is 0.554. The Morgan fingerprint density at radius 1 is 1.77 bits per heavy atom. The van der Waals surface area contributed by atoms with Crippen LogP contribution in [0.3, 0.4) is 0 Å². The number of ether oxygens (including phenoxy) is 1. The van der Waals surface area contributed by atoms with Crippen molar-refractivity contribution in [1.82, 2.24) is 5.32 Å². The third-order valence-corrected chi connectivity index (χ3v) is 1.83. The van der Waals surface area contributed by atoms with Gasteiger partial charge < -0.3 is 15.2 Å². The molecule has 0 spiro atoms. The fourth-order valence-electron chi connectivity index (χ4n) is 1.10. The highest BCUT2D eigenvalue weighted by Gasteiger charge is 2.26. The topological polar surface area (TPSA) is 75.6 Å². The van der Waals surface area contributed by atoms with Crippen LogP contribution in [-0.4, -0.2) is 35.7 Å². The lowest BCUT2D eigenvalue weighted by atomic mass is 10.1. The molecule has 0 aromatic rings. The number of hydrogen-bond donors (Lipinski definition) is 2. The fourth-order valence-corrected chi connectivity index (χ4v) is 1.10. The Morgan fingerprint density at radius 2 is 2.46 bits per heavy atom. The van der Waals surface area contributed by atoms with E-state index in [0.717, 1.165) is 6.42 Å². The van der Waals surface area contributed by atoms with Crippen molar-refractivity contribution in [3.8, 4) is 0 Å². The molecule has 1 fully saturated rings. The number of hydrogen-bond acceptors (Lipinski definition) is 4. The van der Waals surface area contributed by atoms with Crippen molar-refractivity contribution < 1.29 is 19.4 Å². The predicted octanol–water partition coefficient (Wildman–Crippen LogP) is -0.811. The van der Waals surface area contributed by atoms with Crippen LogP contribution in [0.1, 0.15) is 19.8 Å². The van der Waals surface area contributed by atoms with Gasteiger partial charge in [0.2, 0.25) is 0 Å². The number of esters is 1. The zero-order valence-corrected chi connectivity index (χ0v) is 7.45. The average molecular weight is 187 g/mol. The van der Waals surface area contributed by atoms with Crippen LogP contribution in [-0.2, 0) is 14.3 Å². The van der Waals surface area contributed by atoms with Gasteiger partial charge in [-0.05, 0) is 19.8 Å². The molecule has 0 bridgehead atoms. The molecule has 5 nitrogen and oxygen atoms in total. The van der Waals surface area contributed by atoms with Gasteiger partial charge in [-0.15, -0.1) is 0 Å². The van der Waals surface area contributed by atoms with Crippen molar-refractivity contribution in [1.29, 1.82) is 0 Å². The summed E-state index contributed by atoms with van der Waals surface area (Å²) in [5.74, 6) is -1.03. The van der Waals surface area contributed by atoms with E-state index >= 15 is 0 Å². The summed E-state index contributed by atoms with van der Waals surface area (Å²) in [6.07, 6.45) is -0.570. The molecule has 1 rings (SSSR count). The monoisotopic (exact) mass is 187 g/mol. The summed E-state index contributed by atoms with van der Waals surface area (Å²) in [5.41, 5.74) is 0. The molecular weight excluding hydrogens is 174 g/mol. The van der Waals surface area contributed by atoms with Crippen LogP contribution >= 0.6 is 0 Å². The Bertz CT molecular complexity index is 214. The molecule has 0 radical (unpaired) electrons. The number of rotatable bonds is 2. The molecular formula is C8H13NO4. The Labute approximate surface area is 76.1 Å². The molecule has 13 heavy (non-hydrogen) atoms. The zero-order chi connectivity index (χ0) is 9.84. The van der Waals surface area contributed by atoms with Gasteiger partial charge in [0.25, 0.3) is 5.91 Å². The minimum atomic E-state index is -1.17. The van der Waals surface area contributed by atoms with Gasteiger partial charge in [-0.3, -0.25) is 4.79 Å². The number of nitrogens with one attached hydrogen (secondary N) is 1. The van der Waals surface area contributed by atoms with Gasteiger partial charge in [0.1, 0.15) is 6.10 Å². The highest BCUT2D eigenvalue weighted by Crippen LogP contribution is 2.08. The van der Waals surface area contributed by atoms with E-state index in [0.29, 0.717) is 13.0 Å². The molecule has 0 saturated carbocycles. The van der Waals surface area contributed by atoms with Gasteiger partial charge in [0.05, 0.1) is 0 Å². The van der Waals surface area contributed by atoms with E-state index in [1.165, 1.54) is 6.92 Å². The Morgan fingerprint density at radius 3 is 3.00 bits per heavy atom. The molecule has 1 heterocycles. The first-order valence-electron chi connectivity index (χ1n) is 4.27. The highest BCUT2D eigenvalue weighted by atomic mass is 16.6. The normalized spacial score (nSPS) is 24.8. The first-order valence-corrected chi connectivity index (χ1v) is 4.27. The second-order valence-corrected chi connectivity index (χ2v) is 3.03. The van der Waals surface area contributed by atoms with Crippen LogP contribution in [0.4, 0.5) is 0 Å². The van der Waals surface area contributed by atoms with Crippen LogP contribution in [0.2, 0.25) is 0 Å². The van der Waals surface area contributed by atoms with E-state index in [-0.39, 0.29) is 5.91 Å². The van der Waals surface area contributed by atoms with Crippen LogP contribution in [0.15, 0.2) is 0 Å². The lowest BCUT2D eigenvalue weighted by Gasteiger charge is -2.22. The Balaban J connectivity index is 2.43. The van der Waals surface area contributed by atoms with Gasteiger partial charge in [-0.25, -0.2) is 4.79 Å². The smallest absolute Gasteiger partial charge is 0.335 e. The zero-order valence-electron chi connectivity index (χ0n) is 7.45. The molecule has 1 aliphatic heterocycles. The SMILES string of the molecule is C[C@@H](O)C(=O)OC1CCCNC1=O. The van der Waals surface area contributed by atoms with E-state index < -0.39 is 18.2 Å². The maximum absolute atomic E-state index is 11.1. The summed E-state index contributed by atoms with van der Waals surface area (Å²) in [5, 5.41) is 11.4. The molecule has 1 saturated heterocycles.